The number of H-pyrrole nitrogens is 1. The molecule has 0 aliphatic carbocycles. The molecule has 0 spiro atoms. The molecule has 6 rings (SSSR count). The molecule has 190 valence electrons. The molecule has 0 bridgehead atoms. The number of para-hydroxylation sites is 2. The molecule has 0 saturated carbocycles. The summed E-state index contributed by atoms with van der Waals surface area (Å²) in [6.07, 6.45) is 2.27. The molecule has 0 atom stereocenters. The van der Waals surface area contributed by atoms with Crippen LogP contribution in [0.25, 0.3) is 33.1 Å². The van der Waals surface area contributed by atoms with Crippen LogP contribution in [0.1, 0.15) is 35.4 Å². The van der Waals surface area contributed by atoms with Crippen molar-refractivity contribution in [1.82, 2.24) is 25.2 Å². The number of rotatable bonds is 7. The van der Waals surface area contributed by atoms with Gasteiger partial charge in [0.2, 0.25) is 0 Å². The third-order valence-electron chi connectivity index (χ3n) is 7.85. The van der Waals surface area contributed by atoms with Crippen LogP contribution in [0, 0.1) is 6.92 Å². The van der Waals surface area contributed by atoms with Gasteiger partial charge in [0.05, 0.1) is 11.0 Å². The Kier molecular flexibility index (Phi) is 6.53. The fourth-order valence-electron chi connectivity index (χ4n) is 5.94. The Bertz CT molecular complexity index is 1550. The molecule has 6 heteroatoms. The van der Waals surface area contributed by atoms with Crippen LogP contribution >= 0.6 is 0 Å². The first-order valence-electron chi connectivity index (χ1n) is 13.5. The first-order valence-corrected chi connectivity index (χ1v) is 13.5. The number of hydrogen-bond acceptors (Lipinski definition) is 5. The van der Waals surface area contributed by atoms with Gasteiger partial charge in [-0.3, -0.25) is 0 Å². The number of anilines is 1. The van der Waals surface area contributed by atoms with E-state index < -0.39 is 0 Å². The summed E-state index contributed by atoms with van der Waals surface area (Å²) in [7, 11) is 4.23. The van der Waals surface area contributed by atoms with Gasteiger partial charge >= 0.3 is 0 Å². The van der Waals surface area contributed by atoms with Crippen molar-refractivity contribution < 1.29 is 0 Å². The molecule has 1 saturated heterocycles. The molecule has 1 fully saturated rings. The van der Waals surface area contributed by atoms with Crippen LogP contribution in [0.15, 0.2) is 60.7 Å². The molecule has 1 aliphatic rings. The van der Waals surface area contributed by atoms with E-state index in [1.54, 1.807) is 0 Å². The standard InChI is InChI=1S/C31H36N6/c1-21-7-6-8-24(19-21)37-16-13-22(14-17-37)28-23(20-36(3)18-15-32-2)11-12-27-29(28)30-31(35-27)34-26-10-5-4-9-25(26)33-30/h4-12,19,22,32H,13-18,20H2,1-3H3,(H,34,35). The fourth-order valence-corrected chi connectivity index (χ4v) is 5.94. The third kappa shape index (κ3) is 4.67. The maximum Gasteiger partial charge on any atom is 0.157 e. The number of aryl methyl sites for hydroxylation is 1. The van der Waals surface area contributed by atoms with E-state index in [-0.39, 0.29) is 0 Å². The van der Waals surface area contributed by atoms with Gasteiger partial charge < -0.3 is 20.1 Å². The Hall–Kier alpha value is -3.48. The molecule has 3 aromatic carbocycles. The van der Waals surface area contributed by atoms with E-state index in [0.717, 1.165) is 73.3 Å². The van der Waals surface area contributed by atoms with Crippen LogP contribution in [0.2, 0.25) is 0 Å². The van der Waals surface area contributed by atoms with Gasteiger partial charge in [-0.05, 0) is 86.8 Å². The number of piperidine rings is 1. The quantitative estimate of drug-likeness (QED) is 0.309. The van der Waals surface area contributed by atoms with Gasteiger partial charge in [0.1, 0.15) is 5.52 Å². The minimum atomic E-state index is 0.490. The number of likely N-dealkylation sites (N-methyl/N-ethyl adjacent to an activating group) is 2. The third-order valence-corrected chi connectivity index (χ3v) is 7.85. The monoisotopic (exact) mass is 492 g/mol. The smallest absolute Gasteiger partial charge is 0.157 e. The summed E-state index contributed by atoms with van der Waals surface area (Å²) in [5.74, 6) is 0.490. The van der Waals surface area contributed by atoms with E-state index in [4.69, 9.17) is 9.97 Å². The molecule has 0 amide bonds. The highest BCUT2D eigenvalue weighted by atomic mass is 15.1. The number of nitrogens with zero attached hydrogens (tertiary/aromatic N) is 4. The van der Waals surface area contributed by atoms with Gasteiger partial charge in [-0.15, -0.1) is 0 Å². The highest BCUT2D eigenvalue weighted by molar-refractivity contribution is 6.08. The van der Waals surface area contributed by atoms with Crippen LogP contribution in [-0.4, -0.2) is 60.1 Å². The number of fused-ring (bicyclic) bond motifs is 4. The van der Waals surface area contributed by atoms with E-state index in [1.807, 2.05) is 25.2 Å². The van der Waals surface area contributed by atoms with Crippen molar-refractivity contribution in [1.29, 1.82) is 0 Å². The average molecular weight is 493 g/mol. The lowest BCUT2D eigenvalue weighted by Crippen LogP contribution is -2.33. The van der Waals surface area contributed by atoms with Gasteiger partial charge in [0.15, 0.2) is 5.65 Å². The van der Waals surface area contributed by atoms with Gasteiger partial charge in [0.25, 0.3) is 0 Å². The topological polar surface area (TPSA) is 60.1 Å². The Morgan fingerprint density at radius 2 is 1.78 bits per heavy atom. The van der Waals surface area contributed by atoms with Crippen LogP contribution in [-0.2, 0) is 6.54 Å². The molecule has 0 radical (unpaired) electrons. The van der Waals surface area contributed by atoms with E-state index in [1.165, 1.54) is 27.8 Å². The van der Waals surface area contributed by atoms with Gasteiger partial charge in [0, 0.05) is 49.3 Å². The maximum atomic E-state index is 5.14. The van der Waals surface area contributed by atoms with Crippen molar-refractivity contribution in [2.24, 2.45) is 0 Å². The molecule has 3 heterocycles. The zero-order valence-electron chi connectivity index (χ0n) is 22.1. The molecule has 0 unspecified atom stereocenters. The molecule has 5 aromatic rings. The normalized spacial score (nSPS) is 15.0. The molecular formula is C31H36N6. The highest BCUT2D eigenvalue weighted by Crippen LogP contribution is 2.40. The summed E-state index contributed by atoms with van der Waals surface area (Å²) in [4.78, 5) is 18.6. The zero-order valence-corrected chi connectivity index (χ0v) is 22.1. The van der Waals surface area contributed by atoms with Gasteiger partial charge in [-0.25, -0.2) is 9.97 Å². The Morgan fingerprint density at radius 1 is 1.00 bits per heavy atom. The Morgan fingerprint density at radius 3 is 2.54 bits per heavy atom. The first kappa shape index (κ1) is 23.9. The van der Waals surface area contributed by atoms with Gasteiger partial charge in [-0.2, -0.15) is 0 Å². The maximum absolute atomic E-state index is 5.14. The Labute approximate surface area is 218 Å². The van der Waals surface area contributed by atoms with Crippen molar-refractivity contribution in [3.8, 4) is 0 Å². The molecule has 37 heavy (non-hydrogen) atoms. The zero-order chi connectivity index (χ0) is 25.4. The number of benzene rings is 3. The molecule has 6 nitrogen and oxygen atoms in total. The lowest BCUT2D eigenvalue weighted by molar-refractivity contribution is 0.326. The fraction of sp³-hybridized carbons (Fsp3) is 0.355. The predicted molar refractivity (Wildman–Crippen MR) is 155 cm³/mol. The van der Waals surface area contributed by atoms with Crippen LogP contribution in [0.4, 0.5) is 5.69 Å². The number of aromatic amines is 1. The average Bonchev–Trinajstić information content (AvgIpc) is 3.28. The minimum Gasteiger partial charge on any atom is -0.371 e. The van der Waals surface area contributed by atoms with Crippen LogP contribution < -0.4 is 10.2 Å². The van der Waals surface area contributed by atoms with Crippen molar-refractivity contribution in [2.45, 2.75) is 32.2 Å². The molecular weight excluding hydrogens is 456 g/mol. The second-order valence-corrected chi connectivity index (χ2v) is 10.5. The summed E-state index contributed by atoms with van der Waals surface area (Å²) in [6, 6.07) is 21.6. The molecule has 1 aliphatic heterocycles. The SMILES string of the molecule is CNCCN(C)Cc1ccc2[nH]c3nc4ccccc4nc3c2c1C1CCN(c2cccc(C)c2)CC1. The minimum absolute atomic E-state index is 0.490. The van der Waals surface area contributed by atoms with E-state index in [9.17, 15) is 0 Å². The van der Waals surface area contributed by atoms with Gasteiger partial charge in [-0.1, -0.05) is 30.3 Å². The van der Waals surface area contributed by atoms with Crippen molar-refractivity contribution in [3.63, 3.8) is 0 Å². The predicted octanol–water partition coefficient (Wildman–Crippen LogP) is 5.61. The van der Waals surface area contributed by atoms with Crippen molar-refractivity contribution >= 4 is 38.8 Å². The summed E-state index contributed by atoms with van der Waals surface area (Å²) in [5, 5.41) is 4.55. The lowest BCUT2D eigenvalue weighted by Gasteiger charge is -2.35. The van der Waals surface area contributed by atoms with Crippen LogP contribution in [0.3, 0.4) is 0 Å². The van der Waals surface area contributed by atoms with E-state index in [2.05, 4.69) is 76.5 Å². The van der Waals surface area contributed by atoms with E-state index >= 15 is 0 Å². The Balaban J connectivity index is 1.43. The lowest BCUT2D eigenvalue weighted by atomic mass is 9.83. The number of aromatic nitrogens is 3. The summed E-state index contributed by atoms with van der Waals surface area (Å²) in [5.41, 5.74) is 10.5. The second kappa shape index (κ2) is 10.1. The van der Waals surface area contributed by atoms with Crippen LogP contribution in [0.5, 0.6) is 0 Å². The first-order chi connectivity index (χ1) is 18.1. The van der Waals surface area contributed by atoms with Crippen molar-refractivity contribution in [3.05, 3.63) is 77.4 Å². The summed E-state index contributed by atoms with van der Waals surface area (Å²) in [6.45, 7) is 7.23. The largest absolute Gasteiger partial charge is 0.371 e. The second-order valence-electron chi connectivity index (χ2n) is 10.5. The summed E-state index contributed by atoms with van der Waals surface area (Å²) < 4.78 is 0. The highest BCUT2D eigenvalue weighted by Gasteiger charge is 2.27. The summed E-state index contributed by atoms with van der Waals surface area (Å²) >= 11 is 0. The number of nitrogens with one attached hydrogen (secondary N) is 2. The van der Waals surface area contributed by atoms with E-state index in [0.29, 0.717) is 5.92 Å². The number of hydrogen-bond donors (Lipinski definition) is 2. The van der Waals surface area contributed by atoms with Crippen molar-refractivity contribution in [2.75, 3.05) is 45.2 Å². The molecule has 2 aromatic heterocycles. The molecule has 2 N–H and O–H groups in total.